The fourth-order valence-electron chi connectivity index (χ4n) is 2.19. The van der Waals surface area contributed by atoms with Crippen LogP contribution in [0.4, 0.5) is 0 Å². The Bertz CT molecular complexity index is 98.0. The topological polar surface area (TPSA) is 16.6 Å². The Morgan fingerprint density at radius 2 is 0.938 bits per heavy atom. The van der Waals surface area contributed by atoms with Gasteiger partial charge >= 0.3 is 0 Å². The van der Waals surface area contributed by atoms with Crippen LogP contribution in [0, 0.1) is 0 Å². The van der Waals surface area contributed by atoms with Gasteiger partial charge in [-0.15, -0.1) is 0 Å². The van der Waals surface area contributed by atoms with Crippen LogP contribution >= 0.6 is 0 Å². The van der Waals surface area contributed by atoms with E-state index in [0.717, 1.165) is 0 Å². The summed E-state index contributed by atoms with van der Waals surface area (Å²) in [7, 11) is 2.17. The zero-order valence-corrected chi connectivity index (χ0v) is 11.8. The molecule has 0 aliphatic carbocycles. The molecule has 2 N–H and O–H groups in total. The van der Waals surface area contributed by atoms with Gasteiger partial charge in [0.05, 0.1) is 13.6 Å². The second-order valence-corrected chi connectivity index (χ2v) is 5.09. The summed E-state index contributed by atoms with van der Waals surface area (Å²) in [5.74, 6) is 0. The van der Waals surface area contributed by atoms with Gasteiger partial charge in [-0.3, -0.25) is 0 Å². The molecule has 0 fully saturated rings. The normalized spacial score (nSPS) is 10.9. The second kappa shape index (κ2) is 15.0. The van der Waals surface area contributed by atoms with E-state index >= 15 is 0 Å². The first-order chi connectivity index (χ1) is 7.91. The Hall–Kier alpha value is -0.0400. The van der Waals surface area contributed by atoms with Crippen molar-refractivity contribution in [2.45, 2.75) is 84.0 Å². The molecule has 0 aliphatic rings. The van der Waals surface area contributed by atoms with E-state index in [1.165, 1.54) is 83.6 Å². The molecule has 0 aromatic carbocycles. The van der Waals surface area contributed by atoms with Gasteiger partial charge < -0.3 is 5.32 Å². The van der Waals surface area contributed by atoms with Crippen molar-refractivity contribution < 1.29 is 5.32 Å². The van der Waals surface area contributed by atoms with E-state index in [4.69, 9.17) is 0 Å². The van der Waals surface area contributed by atoms with Crippen molar-refractivity contribution in [1.82, 2.24) is 0 Å². The summed E-state index contributed by atoms with van der Waals surface area (Å²) in [6.45, 7) is 3.60. The lowest BCUT2D eigenvalue weighted by Crippen LogP contribution is -2.79. The molecule has 0 amide bonds. The lowest BCUT2D eigenvalue weighted by atomic mass is 10.1. The monoisotopic (exact) mass is 228 g/mol. The Kier molecular flexibility index (Phi) is 14.9. The Morgan fingerprint density at radius 1 is 0.562 bits per heavy atom. The SMILES string of the molecule is CCCCCCCCCCCCCC[NH2+]C. The molecule has 0 rings (SSSR count). The van der Waals surface area contributed by atoms with Gasteiger partial charge in [0.1, 0.15) is 0 Å². The first kappa shape index (κ1) is 16.0. The molecule has 1 nitrogen and oxygen atoms in total. The lowest BCUT2D eigenvalue weighted by Gasteiger charge is -2.02. The number of hydrogen-bond acceptors (Lipinski definition) is 0. The first-order valence-corrected chi connectivity index (χ1v) is 7.69. The molecule has 98 valence electrons. The maximum Gasteiger partial charge on any atom is 0.0753 e. The summed E-state index contributed by atoms with van der Waals surface area (Å²) in [6, 6.07) is 0. The third kappa shape index (κ3) is 14.0. The van der Waals surface area contributed by atoms with Crippen LogP contribution < -0.4 is 5.32 Å². The highest BCUT2D eigenvalue weighted by Gasteiger charge is 1.93. The minimum absolute atomic E-state index is 1.32. The minimum atomic E-state index is 1.32. The average Bonchev–Trinajstić information content (AvgIpc) is 2.31. The average molecular weight is 228 g/mol. The Morgan fingerprint density at radius 3 is 1.31 bits per heavy atom. The van der Waals surface area contributed by atoms with Gasteiger partial charge in [-0.05, 0) is 12.8 Å². The summed E-state index contributed by atoms with van der Waals surface area (Å²) in [5.41, 5.74) is 0. The predicted octanol–water partition coefficient (Wildman–Crippen LogP) is 3.88. The van der Waals surface area contributed by atoms with Gasteiger partial charge in [-0.1, -0.05) is 71.1 Å². The van der Waals surface area contributed by atoms with Crippen LogP contribution in [-0.2, 0) is 0 Å². The molecule has 0 unspecified atom stereocenters. The zero-order chi connectivity index (χ0) is 11.9. The Labute approximate surface area is 103 Å². The molecule has 1 heteroatoms. The molecule has 0 bridgehead atoms. The zero-order valence-electron chi connectivity index (χ0n) is 11.8. The molecule has 16 heavy (non-hydrogen) atoms. The summed E-state index contributed by atoms with van der Waals surface area (Å²) in [5, 5.41) is 2.29. The quantitative estimate of drug-likeness (QED) is 0.461. The third-order valence-electron chi connectivity index (χ3n) is 3.35. The highest BCUT2D eigenvalue weighted by atomic mass is 14.8. The molecule has 0 radical (unpaired) electrons. The Balaban J connectivity index is 2.83. The smallest absolute Gasteiger partial charge is 0.0753 e. The van der Waals surface area contributed by atoms with Gasteiger partial charge in [0.2, 0.25) is 0 Å². The van der Waals surface area contributed by atoms with Gasteiger partial charge in [0, 0.05) is 0 Å². The molecule has 0 saturated carbocycles. The predicted molar refractivity (Wildman–Crippen MR) is 73.8 cm³/mol. The molecule has 0 saturated heterocycles. The molecule has 0 spiro atoms. The van der Waals surface area contributed by atoms with Crippen molar-refractivity contribution in [3.63, 3.8) is 0 Å². The number of quaternary nitrogens is 1. The van der Waals surface area contributed by atoms with E-state index in [-0.39, 0.29) is 0 Å². The number of unbranched alkanes of at least 4 members (excludes halogenated alkanes) is 11. The summed E-state index contributed by atoms with van der Waals surface area (Å²) in [6.07, 6.45) is 17.4. The maximum atomic E-state index is 2.29. The van der Waals surface area contributed by atoms with Crippen LogP contribution in [0.15, 0.2) is 0 Å². The van der Waals surface area contributed by atoms with Crippen molar-refractivity contribution in [1.29, 1.82) is 0 Å². The van der Waals surface area contributed by atoms with E-state index in [1.54, 1.807) is 0 Å². The highest BCUT2D eigenvalue weighted by molar-refractivity contribution is 4.47. The van der Waals surface area contributed by atoms with Crippen LogP contribution in [-0.4, -0.2) is 13.6 Å². The van der Waals surface area contributed by atoms with Crippen molar-refractivity contribution in [2.75, 3.05) is 13.6 Å². The van der Waals surface area contributed by atoms with Gasteiger partial charge in [-0.2, -0.15) is 0 Å². The molecular weight excluding hydrogens is 194 g/mol. The van der Waals surface area contributed by atoms with Crippen molar-refractivity contribution in [3.8, 4) is 0 Å². The highest BCUT2D eigenvalue weighted by Crippen LogP contribution is 2.11. The molecule has 0 aliphatic heterocycles. The van der Waals surface area contributed by atoms with Crippen LogP contribution in [0.3, 0.4) is 0 Å². The van der Waals surface area contributed by atoms with E-state index in [1.807, 2.05) is 0 Å². The van der Waals surface area contributed by atoms with Gasteiger partial charge in [-0.25, -0.2) is 0 Å². The molecule has 0 aromatic rings. The van der Waals surface area contributed by atoms with Crippen molar-refractivity contribution in [2.24, 2.45) is 0 Å². The third-order valence-corrected chi connectivity index (χ3v) is 3.35. The van der Waals surface area contributed by atoms with E-state index < -0.39 is 0 Å². The second-order valence-electron chi connectivity index (χ2n) is 5.09. The number of hydrogen-bond donors (Lipinski definition) is 1. The van der Waals surface area contributed by atoms with Crippen molar-refractivity contribution >= 4 is 0 Å². The lowest BCUT2D eigenvalue weighted by molar-refractivity contribution is -0.627. The van der Waals surface area contributed by atoms with Crippen LogP contribution in [0.5, 0.6) is 0 Å². The van der Waals surface area contributed by atoms with Crippen LogP contribution in [0.1, 0.15) is 84.0 Å². The van der Waals surface area contributed by atoms with E-state index in [0.29, 0.717) is 0 Å². The maximum absolute atomic E-state index is 2.29. The number of rotatable bonds is 13. The molecule has 0 atom stereocenters. The fourth-order valence-corrected chi connectivity index (χ4v) is 2.19. The summed E-state index contributed by atoms with van der Waals surface area (Å²) in [4.78, 5) is 0. The van der Waals surface area contributed by atoms with Crippen molar-refractivity contribution in [3.05, 3.63) is 0 Å². The minimum Gasteiger partial charge on any atom is -0.349 e. The molecule has 0 heterocycles. The number of nitrogens with two attached hydrogens (primary N) is 1. The largest absolute Gasteiger partial charge is 0.349 e. The van der Waals surface area contributed by atoms with Gasteiger partial charge in [0.15, 0.2) is 0 Å². The van der Waals surface area contributed by atoms with Gasteiger partial charge in [0.25, 0.3) is 0 Å². The standard InChI is InChI=1S/C15H33N/c1-3-4-5-6-7-8-9-10-11-12-13-14-15-16-2/h16H,3-15H2,1-2H3/p+1. The molecular formula is C15H34N+. The fraction of sp³-hybridized carbons (Fsp3) is 1.00. The summed E-state index contributed by atoms with van der Waals surface area (Å²) < 4.78 is 0. The molecule has 0 aromatic heterocycles. The van der Waals surface area contributed by atoms with E-state index in [9.17, 15) is 0 Å². The van der Waals surface area contributed by atoms with Crippen LogP contribution in [0.2, 0.25) is 0 Å². The van der Waals surface area contributed by atoms with E-state index in [2.05, 4.69) is 19.3 Å². The van der Waals surface area contributed by atoms with Crippen LogP contribution in [0.25, 0.3) is 0 Å². The summed E-state index contributed by atoms with van der Waals surface area (Å²) >= 11 is 0. The first-order valence-electron chi connectivity index (χ1n) is 7.69.